The van der Waals surface area contributed by atoms with E-state index in [1.807, 2.05) is 30.5 Å². The van der Waals surface area contributed by atoms with Gasteiger partial charge in [0, 0.05) is 25.5 Å². The van der Waals surface area contributed by atoms with E-state index in [1.165, 1.54) is 10.4 Å². The average Bonchev–Trinajstić information content (AvgIpc) is 3.26. The largest absolute Gasteiger partial charge is 0.493 e. The first-order valence-corrected chi connectivity index (χ1v) is 11.0. The van der Waals surface area contributed by atoms with Gasteiger partial charge in [0.05, 0.1) is 20.3 Å². The molecule has 2 rings (SSSR count). The zero-order chi connectivity index (χ0) is 21.8. The Morgan fingerprint density at radius 2 is 2.00 bits per heavy atom. The molecule has 172 valence electrons. The minimum atomic E-state index is -0.0334. The van der Waals surface area contributed by atoms with Crippen molar-refractivity contribution in [1.82, 2.24) is 15.5 Å². The van der Waals surface area contributed by atoms with Crippen LogP contribution < -0.4 is 20.1 Å². The van der Waals surface area contributed by atoms with Crippen molar-refractivity contribution < 1.29 is 14.3 Å². The second kappa shape index (κ2) is 14.9. The molecule has 0 saturated carbocycles. The number of ether oxygens (including phenoxy) is 2. The maximum Gasteiger partial charge on any atom is 0.243 e. The molecule has 0 fully saturated rings. The molecule has 0 aliphatic heterocycles. The normalized spacial score (nSPS) is 10.8. The van der Waals surface area contributed by atoms with Gasteiger partial charge in [-0.05, 0) is 48.9 Å². The quantitative estimate of drug-likeness (QED) is 0.191. The number of halogens is 1. The van der Waals surface area contributed by atoms with E-state index in [-0.39, 0.29) is 36.4 Å². The smallest absolute Gasteiger partial charge is 0.243 e. The summed E-state index contributed by atoms with van der Waals surface area (Å²) in [6.45, 7) is 4.09. The fourth-order valence-electron chi connectivity index (χ4n) is 2.69. The Morgan fingerprint density at radius 1 is 1.19 bits per heavy atom. The number of thiophene rings is 1. The Kier molecular flexibility index (Phi) is 13.0. The molecule has 9 heteroatoms. The highest BCUT2D eigenvalue weighted by Gasteiger charge is 2.07. The summed E-state index contributed by atoms with van der Waals surface area (Å²) in [5.41, 5.74) is 1.19. The Bertz CT molecular complexity index is 813. The number of benzene rings is 1. The van der Waals surface area contributed by atoms with Crippen LogP contribution in [0.4, 0.5) is 0 Å². The van der Waals surface area contributed by atoms with E-state index in [0.29, 0.717) is 19.1 Å². The number of aryl methyl sites for hydroxylation is 1. The predicted molar refractivity (Wildman–Crippen MR) is 138 cm³/mol. The molecule has 1 aromatic carbocycles. The molecular formula is C22H33IN4O3S. The van der Waals surface area contributed by atoms with E-state index in [2.05, 4.69) is 27.8 Å². The number of hydrogen-bond acceptors (Lipinski definition) is 5. The van der Waals surface area contributed by atoms with Gasteiger partial charge in [0.2, 0.25) is 5.91 Å². The minimum absolute atomic E-state index is 0. The number of methoxy groups -OCH3 is 1. The minimum Gasteiger partial charge on any atom is -0.493 e. The third kappa shape index (κ3) is 9.77. The Labute approximate surface area is 206 Å². The van der Waals surface area contributed by atoms with E-state index >= 15 is 0 Å². The summed E-state index contributed by atoms with van der Waals surface area (Å²) in [4.78, 5) is 19.1. The number of nitrogens with zero attached hydrogens (tertiary/aromatic N) is 2. The zero-order valence-corrected chi connectivity index (χ0v) is 21.8. The van der Waals surface area contributed by atoms with Crippen LogP contribution in [0.3, 0.4) is 0 Å². The molecule has 0 saturated heterocycles. The van der Waals surface area contributed by atoms with Crippen LogP contribution in [0, 0.1) is 0 Å². The van der Waals surface area contributed by atoms with Crippen LogP contribution in [-0.2, 0) is 17.8 Å². The second-order valence-corrected chi connectivity index (χ2v) is 7.87. The van der Waals surface area contributed by atoms with Crippen molar-refractivity contribution in [2.75, 3.05) is 40.9 Å². The molecular weight excluding hydrogens is 527 g/mol. The monoisotopic (exact) mass is 560 g/mol. The number of amides is 1. The zero-order valence-electron chi connectivity index (χ0n) is 18.6. The summed E-state index contributed by atoms with van der Waals surface area (Å²) in [6.07, 6.45) is 1.81. The molecule has 0 unspecified atom stereocenters. The maximum atomic E-state index is 11.9. The number of likely N-dealkylation sites (N-methyl/N-ethyl adjacent to an activating group) is 1. The molecule has 0 spiro atoms. The molecule has 0 radical (unpaired) electrons. The third-order valence-corrected chi connectivity index (χ3v) is 5.22. The lowest BCUT2D eigenvalue weighted by molar-refractivity contribution is -0.127. The van der Waals surface area contributed by atoms with E-state index in [0.717, 1.165) is 30.9 Å². The van der Waals surface area contributed by atoms with Crippen LogP contribution in [0.2, 0.25) is 0 Å². The molecule has 0 bridgehead atoms. The lowest BCUT2D eigenvalue weighted by Crippen LogP contribution is -2.38. The van der Waals surface area contributed by atoms with Gasteiger partial charge in [0.25, 0.3) is 0 Å². The van der Waals surface area contributed by atoms with Crippen LogP contribution >= 0.6 is 35.3 Å². The summed E-state index contributed by atoms with van der Waals surface area (Å²) >= 11 is 1.69. The van der Waals surface area contributed by atoms with Crippen molar-refractivity contribution in [2.24, 2.45) is 4.99 Å². The molecule has 31 heavy (non-hydrogen) atoms. The first-order chi connectivity index (χ1) is 14.5. The highest BCUT2D eigenvalue weighted by molar-refractivity contribution is 14.0. The van der Waals surface area contributed by atoms with Gasteiger partial charge in [0.1, 0.15) is 6.54 Å². The van der Waals surface area contributed by atoms with Gasteiger partial charge in [-0.15, -0.1) is 35.3 Å². The third-order valence-electron chi connectivity index (χ3n) is 4.34. The molecule has 2 aromatic rings. The molecule has 0 aliphatic carbocycles. The van der Waals surface area contributed by atoms with Gasteiger partial charge >= 0.3 is 0 Å². The van der Waals surface area contributed by atoms with Crippen molar-refractivity contribution >= 4 is 47.2 Å². The fraction of sp³-hybridized carbons (Fsp3) is 0.455. The van der Waals surface area contributed by atoms with E-state index in [1.54, 1.807) is 37.4 Å². The van der Waals surface area contributed by atoms with Crippen molar-refractivity contribution in [3.8, 4) is 11.5 Å². The molecule has 0 aliphatic rings. The average molecular weight is 561 g/mol. The lowest BCUT2D eigenvalue weighted by atomic mass is 10.1. The lowest BCUT2D eigenvalue weighted by Gasteiger charge is -2.14. The van der Waals surface area contributed by atoms with Crippen LogP contribution in [0.25, 0.3) is 0 Å². The van der Waals surface area contributed by atoms with E-state index in [4.69, 9.17) is 9.47 Å². The van der Waals surface area contributed by atoms with Crippen molar-refractivity contribution in [3.05, 3.63) is 46.2 Å². The highest BCUT2D eigenvalue weighted by atomic mass is 127. The first-order valence-electron chi connectivity index (χ1n) is 10.1. The van der Waals surface area contributed by atoms with Gasteiger partial charge in [-0.1, -0.05) is 12.1 Å². The van der Waals surface area contributed by atoms with E-state index in [9.17, 15) is 4.79 Å². The van der Waals surface area contributed by atoms with Crippen molar-refractivity contribution in [3.63, 3.8) is 0 Å². The second-order valence-electron chi connectivity index (χ2n) is 6.83. The number of carbonyl (C=O) groups excluding carboxylic acids is 1. The summed E-state index contributed by atoms with van der Waals surface area (Å²) in [5, 5.41) is 8.67. The van der Waals surface area contributed by atoms with Crippen molar-refractivity contribution in [1.29, 1.82) is 0 Å². The Hall–Kier alpha value is -2.01. The van der Waals surface area contributed by atoms with Crippen LogP contribution in [0.5, 0.6) is 11.5 Å². The number of hydrogen-bond donors (Lipinski definition) is 2. The standard InChI is InChI=1S/C22H32N4O3S.HI/c1-5-29-20-14-17(10-11-19(20)28-4)8-6-12-23-22(25-16-21(27)26(2)3)24-15-18-9-7-13-30-18;/h7,9-11,13-14H,5-6,8,12,15-16H2,1-4H3,(H2,23,24,25);1H. The molecule has 7 nitrogen and oxygen atoms in total. The van der Waals surface area contributed by atoms with Gasteiger partial charge in [-0.25, -0.2) is 4.99 Å². The van der Waals surface area contributed by atoms with Crippen LogP contribution in [0.1, 0.15) is 23.8 Å². The summed E-state index contributed by atoms with van der Waals surface area (Å²) in [7, 11) is 5.11. The van der Waals surface area contributed by atoms with E-state index < -0.39 is 0 Å². The molecule has 1 amide bonds. The number of rotatable bonds is 11. The van der Waals surface area contributed by atoms with Crippen molar-refractivity contribution in [2.45, 2.75) is 26.3 Å². The number of guanidine groups is 1. The molecule has 0 atom stereocenters. The van der Waals surface area contributed by atoms with Crippen LogP contribution in [0.15, 0.2) is 40.7 Å². The molecule has 2 N–H and O–H groups in total. The maximum absolute atomic E-state index is 11.9. The number of carbonyl (C=O) groups is 1. The summed E-state index contributed by atoms with van der Waals surface area (Å²) in [5.74, 6) is 2.13. The number of nitrogens with one attached hydrogen (secondary N) is 2. The first kappa shape index (κ1) is 27.0. The van der Waals surface area contributed by atoms with Gasteiger partial charge in [-0.3, -0.25) is 4.79 Å². The molecule has 1 heterocycles. The van der Waals surface area contributed by atoms with Crippen LogP contribution in [-0.4, -0.2) is 57.7 Å². The predicted octanol–water partition coefficient (Wildman–Crippen LogP) is 3.53. The summed E-state index contributed by atoms with van der Waals surface area (Å²) < 4.78 is 11.0. The van der Waals surface area contributed by atoms with Gasteiger partial charge in [-0.2, -0.15) is 0 Å². The highest BCUT2D eigenvalue weighted by Crippen LogP contribution is 2.28. The Morgan fingerprint density at radius 3 is 2.65 bits per heavy atom. The Balaban J connectivity index is 0.00000480. The fourth-order valence-corrected chi connectivity index (χ4v) is 3.34. The number of aliphatic imine (C=N–C) groups is 1. The van der Waals surface area contributed by atoms with Gasteiger partial charge < -0.3 is 25.0 Å². The SMILES string of the molecule is CCOc1cc(CCCNC(=NCC(=O)N(C)C)NCc2cccs2)ccc1OC.I. The topological polar surface area (TPSA) is 75.2 Å². The van der Waals surface area contributed by atoms with Gasteiger partial charge in [0.15, 0.2) is 17.5 Å². The summed E-state index contributed by atoms with van der Waals surface area (Å²) in [6, 6.07) is 10.1. The molecule has 1 aromatic heterocycles.